The van der Waals surface area contributed by atoms with Crippen molar-refractivity contribution in [2.45, 2.75) is 39.0 Å². The molecule has 1 fully saturated rings. The molecule has 0 spiro atoms. The van der Waals surface area contributed by atoms with Crippen molar-refractivity contribution in [3.63, 3.8) is 0 Å². The Balaban J connectivity index is 0.00000288. The predicted octanol–water partition coefficient (Wildman–Crippen LogP) is 2.39. The summed E-state index contributed by atoms with van der Waals surface area (Å²) in [5.74, 6) is 0.124. The number of anilines is 1. The summed E-state index contributed by atoms with van der Waals surface area (Å²) in [5, 5.41) is 2.93. The molecule has 0 radical (unpaired) electrons. The highest BCUT2D eigenvalue weighted by Gasteiger charge is 2.27. The van der Waals surface area contributed by atoms with E-state index in [9.17, 15) is 9.59 Å². The summed E-state index contributed by atoms with van der Waals surface area (Å²) >= 11 is 0. The number of amides is 2. The second kappa shape index (κ2) is 10.2. The van der Waals surface area contributed by atoms with Crippen LogP contribution in [0, 0.1) is 5.92 Å². The van der Waals surface area contributed by atoms with Gasteiger partial charge in [0, 0.05) is 31.7 Å². The van der Waals surface area contributed by atoms with E-state index in [1.165, 1.54) is 0 Å². The van der Waals surface area contributed by atoms with Crippen LogP contribution in [0.4, 0.5) is 5.69 Å². The number of nitrogens with two attached hydrogens (primary N) is 1. The largest absolute Gasteiger partial charge is 0.399 e. The van der Waals surface area contributed by atoms with Crippen LogP contribution in [0.1, 0.15) is 38.2 Å². The van der Waals surface area contributed by atoms with Crippen LogP contribution >= 0.6 is 12.4 Å². The zero-order valence-corrected chi connectivity index (χ0v) is 15.1. The topological polar surface area (TPSA) is 75.4 Å². The first-order valence-electron chi connectivity index (χ1n) is 8.50. The number of para-hydroxylation sites is 1. The first-order valence-corrected chi connectivity index (χ1v) is 8.50. The van der Waals surface area contributed by atoms with Crippen LogP contribution in [0.3, 0.4) is 0 Å². The molecule has 1 unspecified atom stereocenters. The fourth-order valence-electron chi connectivity index (χ4n) is 2.97. The van der Waals surface area contributed by atoms with Crippen LogP contribution in [0.25, 0.3) is 0 Å². The molecule has 2 rings (SSSR count). The second-order valence-corrected chi connectivity index (χ2v) is 6.17. The number of aryl methyl sites for hydroxylation is 1. The number of hydrogen-bond donors (Lipinski definition) is 2. The highest BCUT2D eigenvalue weighted by atomic mass is 35.5. The summed E-state index contributed by atoms with van der Waals surface area (Å²) in [6, 6.07) is 7.64. The van der Waals surface area contributed by atoms with Gasteiger partial charge in [-0.05, 0) is 37.3 Å². The molecule has 1 aliphatic heterocycles. The average Bonchev–Trinajstić information content (AvgIpc) is 2.58. The summed E-state index contributed by atoms with van der Waals surface area (Å²) in [7, 11) is 0. The number of halogens is 1. The Labute approximate surface area is 150 Å². The number of benzene rings is 1. The molecule has 0 saturated carbocycles. The molecule has 2 amide bonds. The van der Waals surface area contributed by atoms with E-state index < -0.39 is 0 Å². The third-order valence-electron chi connectivity index (χ3n) is 4.36. The van der Waals surface area contributed by atoms with Crippen molar-refractivity contribution < 1.29 is 9.59 Å². The lowest BCUT2D eigenvalue weighted by molar-refractivity contribution is -0.135. The van der Waals surface area contributed by atoms with Gasteiger partial charge in [-0.3, -0.25) is 9.59 Å². The summed E-state index contributed by atoms with van der Waals surface area (Å²) in [4.78, 5) is 26.3. The van der Waals surface area contributed by atoms with Crippen molar-refractivity contribution in [3.8, 4) is 0 Å². The minimum atomic E-state index is -0.0685. The Bertz CT molecular complexity index is 551. The maximum Gasteiger partial charge on any atom is 0.224 e. The van der Waals surface area contributed by atoms with Gasteiger partial charge in [0.05, 0.1) is 5.92 Å². The first kappa shape index (κ1) is 20.3. The van der Waals surface area contributed by atoms with Gasteiger partial charge in [0.1, 0.15) is 0 Å². The number of carbonyl (C=O) groups excluding carboxylic acids is 2. The lowest BCUT2D eigenvalue weighted by Crippen LogP contribution is -2.45. The van der Waals surface area contributed by atoms with Gasteiger partial charge in [-0.15, -0.1) is 12.4 Å². The Kier molecular flexibility index (Phi) is 8.61. The normalized spacial score (nSPS) is 17.0. The molecule has 24 heavy (non-hydrogen) atoms. The minimum Gasteiger partial charge on any atom is -0.399 e. The molecule has 3 N–H and O–H groups in total. The van der Waals surface area contributed by atoms with Gasteiger partial charge >= 0.3 is 0 Å². The summed E-state index contributed by atoms with van der Waals surface area (Å²) in [6.07, 6.45) is 3.78. The van der Waals surface area contributed by atoms with E-state index >= 15 is 0 Å². The van der Waals surface area contributed by atoms with Gasteiger partial charge in [-0.1, -0.05) is 25.1 Å². The van der Waals surface area contributed by atoms with Crippen molar-refractivity contribution in [3.05, 3.63) is 29.8 Å². The highest BCUT2D eigenvalue weighted by Crippen LogP contribution is 2.19. The van der Waals surface area contributed by atoms with E-state index in [2.05, 4.69) is 5.32 Å². The molecule has 1 heterocycles. The third-order valence-corrected chi connectivity index (χ3v) is 4.36. The molecule has 5 nitrogen and oxygen atoms in total. The maximum absolute atomic E-state index is 12.4. The third kappa shape index (κ3) is 5.71. The zero-order chi connectivity index (χ0) is 16.7. The number of hydrogen-bond acceptors (Lipinski definition) is 3. The van der Waals surface area contributed by atoms with E-state index in [1.54, 1.807) is 0 Å². The van der Waals surface area contributed by atoms with Gasteiger partial charge in [0.2, 0.25) is 11.8 Å². The molecule has 0 bridgehead atoms. The van der Waals surface area contributed by atoms with Crippen LogP contribution in [-0.4, -0.2) is 36.3 Å². The van der Waals surface area contributed by atoms with Gasteiger partial charge in [-0.25, -0.2) is 0 Å². The maximum atomic E-state index is 12.4. The molecular weight excluding hydrogens is 326 g/mol. The van der Waals surface area contributed by atoms with E-state index in [4.69, 9.17) is 5.73 Å². The van der Waals surface area contributed by atoms with E-state index in [0.29, 0.717) is 25.9 Å². The molecule has 6 heteroatoms. The minimum absolute atomic E-state index is 0. The van der Waals surface area contributed by atoms with Crippen LogP contribution in [0.5, 0.6) is 0 Å². The molecule has 1 atom stereocenters. The Morgan fingerprint density at radius 1 is 1.33 bits per heavy atom. The van der Waals surface area contributed by atoms with Crippen molar-refractivity contribution in [1.82, 2.24) is 10.2 Å². The summed E-state index contributed by atoms with van der Waals surface area (Å²) in [6.45, 7) is 4.03. The average molecular weight is 354 g/mol. The number of rotatable bonds is 6. The zero-order valence-electron chi connectivity index (χ0n) is 14.3. The Hall–Kier alpha value is -1.75. The van der Waals surface area contributed by atoms with Crippen LogP contribution in [0.15, 0.2) is 24.3 Å². The lowest BCUT2D eigenvalue weighted by Gasteiger charge is -2.32. The number of likely N-dealkylation sites (tertiary alicyclic amines) is 1. The van der Waals surface area contributed by atoms with Crippen molar-refractivity contribution >= 4 is 29.9 Å². The summed E-state index contributed by atoms with van der Waals surface area (Å²) in [5.41, 5.74) is 7.66. The molecular formula is C18H28ClN3O2. The van der Waals surface area contributed by atoms with Crippen molar-refractivity contribution in [1.29, 1.82) is 0 Å². The number of nitrogen functional groups attached to an aromatic ring is 1. The summed E-state index contributed by atoms with van der Waals surface area (Å²) < 4.78 is 0. The second-order valence-electron chi connectivity index (χ2n) is 6.17. The monoisotopic (exact) mass is 353 g/mol. The fourth-order valence-corrected chi connectivity index (χ4v) is 2.97. The Morgan fingerprint density at radius 2 is 2.08 bits per heavy atom. The standard InChI is InChI=1S/C18H27N3O2.ClH/c1-2-11-20-18(23)15-7-5-12-21(13-15)17(22)10-9-14-6-3-4-8-16(14)19;/h3-4,6,8,15H,2,5,7,9-13,19H2,1H3,(H,20,23);1H. The van der Waals surface area contributed by atoms with E-state index in [1.807, 2.05) is 36.1 Å². The quantitative estimate of drug-likeness (QED) is 0.771. The van der Waals surface area contributed by atoms with Gasteiger partial charge < -0.3 is 16.0 Å². The predicted molar refractivity (Wildman–Crippen MR) is 99.0 cm³/mol. The van der Waals surface area contributed by atoms with Gasteiger partial charge in [0.15, 0.2) is 0 Å². The molecule has 134 valence electrons. The number of piperidine rings is 1. The molecule has 1 saturated heterocycles. The van der Waals surface area contributed by atoms with Crippen LogP contribution in [0.2, 0.25) is 0 Å². The van der Waals surface area contributed by atoms with Gasteiger partial charge in [-0.2, -0.15) is 0 Å². The van der Waals surface area contributed by atoms with Gasteiger partial charge in [0.25, 0.3) is 0 Å². The van der Waals surface area contributed by atoms with Crippen LogP contribution < -0.4 is 11.1 Å². The number of carbonyl (C=O) groups is 2. The van der Waals surface area contributed by atoms with E-state index in [-0.39, 0.29) is 30.1 Å². The molecule has 1 aliphatic rings. The van der Waals surface area contributed by atoms with E-state index in [0.717, 1.165) is 37.1 Å². The smallest absolute Gasteiger partial charge is 0.224 e. The molecule has 1 aromatic carbocycles. The molecule has 1 aromatic rings. The first-order chi connectivity index (χ1) is 11.1. The lowest BCUT2D eigenvalue weighted by atomic mass is 9.96. The number of nitrogens with zero attached hydrogens (tertiary/aromatic N) is 1. The number of nitrogens with one attached hydrogen (secondary N) is 1. The SMILES string of the molecule is CCCNC(=O)C1CCCN(C(=O)CCc2ccccc2N)C1.Cl. The fraction of sp³-hybridized carbons (Fsp3) is 0.556. The Morgan fingerprint density at radius 3 is 2.79 bits per heavy atom. The molecule has 0 aromatic heterocycles. The molecule has 0 aliphatic carbocycles. The highest BCUT2D eigenvalue weighted by molar-refractivity contribution is 5.85. The van der Waals surface area contributed by atoms with Crippen LogP contribution in [-0.2, 0) is 16.0 Å². The van der Waals surface area contributed by atoms with Crippen molar-refractivity contribution in [2.24, 2.45) is 5.92 Å². The van der Waals surface area contributed by atoms with Crippen molar-refractivity contribution in [2.75, 3.05) is 25.4 Å².